The van der Waals surface area contributed by atoms with Crippen LogP contribution in [0, 0.1) is 0 Å². The van der Waals surface area contributed by atoms with E-state index in [1.807, 2.05) is 24.3 Å². The van der Waals surface area contributed by atoms with E-state index in [2.05, 4.69) is 16.9 Å². The van der Waals surface area contributed by atoms with Crippen LogP contribution < -0.4 is 17.2 Å². The first-order chi connectivity index (χ1) is 7.63. The first kappa shape index (κ1) is 15.2. The number of hydrogen-bond acceptors (Lipinski definition) is 1. The molecule has 6 heteroatoms. The van der Waals surface area contributed by atoms with E-state index in [9.17, 15) is 0 Å². The van der Waals surface area contributed by atoms with Crippen LogP contribution in [0.2, 0.25) is 0 Å². The number of rotatable bonds is 3. The van der Waals surface area contributed by atoms with Crippen LogP contribution in [0.5, 0.6) is 0 Å². The van der Waals surface area contributed by atoms with E-state index in [0.717, 1.165) is 24.1 Å². The Labute approximate surface area is 107 Å². The number of benzene rings is 1. The maximum atomic E-state index is 5.57. The van der Waals surface area contributed by atoms with Crippen LogP contribution in [0.4, 0.5) is 5.69 Å². The lowest BCUT2D eigenvalue weighted by atomic mass is 10.1. The fourth-order valence-electron chi connectivity index (χ4n) is 1.38. The lowest BCUT2D eigenvalue weighted by Gasteiger charge is -2.03. The molecule has 0 bridgehead atoms. The zero-order chi connectivity index (χ0) is 12.0. The van der Waals surface area contributed by atoms with Crippen molar-refractivity contribution in [3.05, 3.63) is 29.8 Å². The zero-order valence-corrected chi connectivity index (χ0v) is 10.6. The first-order valence-electron chi connectivity index (χ1n) is 5.15. The minimum atomic E-state index is -0.0887. The van der Waals surface area contributed by atoms with Gasteiger partial charge in [-0.3, -0.25) is 0 Å². The zero-order valence-electron chi connectivity index (χ0n) is 9.76. The van der Waals surface area contributed by atoms with Crippen molar-refractivity contribution in [1.82, 2.24) is 0 Å². The molecule has 0 spiro atoms. The van der Waals surface area contributed by atoms with Gasteiger partial charge in [0.25, 0.3) is 0 Å². The minimum absolute atomic E-state index is 0. The van der Waals surface area contributed by atoms with Gasteiger partial charge in [0.1, 0.15) is 0 Å². The van der Waals surface area contributed by atoms with Crippen molar-refractivity contribution in [2.45, 2.75) is 19.8 Å². The molecule has 0 heterocycles. The topological polar surface area (TPSA) is 103 Å². The monoisotopic (exact) mass is 255 g/mol. The second kappa shape index (κ2) is 7.51. The fourth-order valence-corrected chi connectivity index (χ4v) is 1.38. The van der Waals surface area contributed by atoms with Gasteiger partial charge in [0, 0.05) is 0 Å². The molecule has 0 radical (unpaired) electrons. The first-order valence-corrected chi connectivity index (χ1v) is 5.15. The van der Waals surface area contributed by atoms with Gasteiger partial charge in [0.05, 0.1) is 5.69 Å². The Hall–Kier alpha value is -1.75. The number of nitrogens with two attached hydrogens (primary N) is 3. The summed E-state index contributed by atoms with van der Waals surface area (Å²) < 4.78 is 0. The standard InChI is InChI=1S/C11H17N5.ClH/c1-2-5-8-6-3-4-7-9(8)15-11(14)16-10(12)13;/h3-4,6-7H,2,5H2,1H3,(H6,12,13,14,15,16);1H. The lowest BCUT2D eigenvalue weighted by Crippen LogP contribution is -2.26. The second-order valence-electron chi connectivity index (χ2n) is 3.39. The van der Waals surface area contributed by atoms with Crippen molar-refractivity contribution in [1.29, 1.82) is 0 Å². The van der Waals surface area contributed by atoms with Crippen molar-refractivity contribution in [2.24, 2.45) is 27.2 Å². The van der Waals surface area contributed by atoms with Gasteiger partial charge in [0.15, 0.2) is 5.96 Å². The fraction of sp³-hybridized carbons (Fsp3) is 0.273. The molecule has 0 atom stereocenters. The Balaban J connectivity index is 0.00000256. The Morgan fingerprint density at radius 3 is 2.41 bits per heavy atom. The third kappa shape index (κ3) is 5.21. The van der Waals surface area contributed by atoms with Crippen LogP contribution >= 0.6 is 12.4 Å². The molecule has 0 aromatic heterocycles. The van der Waals surface area contributed by atoms with E-state index in [1.54, 1.807) is 0 Å². The minimum Gasteiger partial charge on any atom is -0.370 e. The van der Waals surface area contributed by atoms with Crippen LogP contribution in [0.1, 0.15) is 18.9 Å². The summed E-state index contributed by atoms with van der Waals surface area (Å²) in [4.78, 5) is 7.84. The number of hydrogen-bond donors (Lipinski definition) is 3. The SMILES string of the molecule is CCCc1ccccc1N=C(N)N=C(N)N.Cl. The van der Waals surface area contributed by atoms with Gasteiger partial charge < -0.3 is 17.2 Å². The van der Waals surface area contributed by atoms with Crippen molar-refractivity contribution in [2.75, 3.05) is 0 Å². The molecule has 17 heavy (non-hydrogen) atoms. The summed E-state index contributed by atoms with van der Waals surface area (Å²) >= 11 is 0. The lowest BCUT2D eigenvalue weighted by molar-refractivity contribution is 0.921. The maximum absolute atomic E-state index is 5.57. The number of aryl methyl sites for hydroxylation is 1. The van der Waals surface area contributed by atoms with E-state index in [0.29, 0.717) is 0 Å². The summed E-state index contributed by atoms with van der Waals surface area (Å²) in [6.45, 7) is 2.11. The molecule has 0 amide bonds. The molecule has 1 rings (SSSR count). The predicted octanol–water partition coefficient (Wildman–Crippen LogP) is 1.28. The molecule has 0 saturated heterocycles. The number of para-hydroxylation sites is 1. The average Bonchev–Trinajstić information content (AvgIpc) is 2.20. The molecule has 1 aromatic carbocycles. The third-order valence-electron chi connectivity index (χ3n) is 1.99. The predicted molar refractivity (Wildman–Crippen MR) is 74.8 cm³/mol. The van der Waals surface area contributed by atoms with E-state index in [4.69, 9.17) is 17.2 Å². The Morgan fingerprint density at radius 1 is 1.18 bits per heavy atom. The molecule has 6 N–H and O–H groups in total. The third-order valence-corrected chi connectivity index (χ3v) is 1.99. The molecule has 5 nitrogen and oxygen atoms in total. The summed E-state index contributed by atoms with van der Waals surface area (Å²) in [5, 5.41) is 0. The summed E-state index contributed by atoms with van der Waals surface area (Å²) in [6.07, 6.45) is 2.00. The summed E-state index contributed by atoms with van der Waals surface area (Å²) in [7, 11) is 0. The van der Waals surface area contributed by atoms with E-state index < -0.39 is 0 Å². The van der Waals surface area contributed by atoms with Gasteiger partial charge in [-0.2, -0.15) is 4.99 Å². The van der Waals surface area contributed by atoms with Crippen LogP contribution in [-0.2, 0) is 6.42 Å². The maximum Gasteiger partial charge on any atom is 0.223 e. The normalized spacial score (nSPS) is 10.5. The molecule has 0 aliphatic rings. The molecule has 94 valence electrons. The highest BCUT2D eigenvalue weighted by atomic mass is 35.5. The Kier molecular flexibility index (Phi) is 6.74. The summed E-state index contributed by atoms with van der Waals surface area (Å²) in [5.74, 6) is -0.0159. The molecule has 0 aliphatic heterocycles. The Bertz CT molecular complexity index is 410. The van der Waals surface area contributed by atoms with Crippen molar-refractivity contribution >= 4 is 30.0 Å². The largest absolute Gasteiger partial charge is 0.370 e. The van der Waals surface area contributed by atoms with Crippen molar-refractivity contribution in [3.63, 3.8) is 0 Å². The average molecular weight is 256 g/mol. The highest BCUT2D eigenvalue weighted by Gasteiger charge is 1.99. The molecular weight excluding hydrogens is 238 g/mol. The van der Waals surface area contributed by atoms with Gasteiger partial charge in [-0.15, -0.1) is 12.4 Å². The van der Waals surface area contributed by atoms with Gasteiger partial charge in [-0.25, -0.2) is 4.99 Å². The molecule has 0 saturated carbocycles. The number of guanidine groups is 2. The summed E-state index contributed by atoms with van der Waals surface area (Å²) in [6, 6.07) is 7.78. The van der Waals surface area contributed by atoms with E-state index in [-0.39, 0.29) is 24.3 Å². The molecule has 0 fully saturated rings. The molecule has 0 aliphatic carbocycles. The summed E-state index contributed by atoms with van der Waals surface area (Å²) in [5.41, 5.74) is 17.9. The van der Waals surface area contributed by atoms with Crippen LogP contribution in [0.3, 0.4) is 0 Å². The molecule has 1 aromatic rings. The quantitative estimate of drug-likeness (QED) is 0.560. The number of halogens is 1. The Morgan fingerprint density at radius 2 is 1.82 bits per heavy atom. The van der Waals surface area contributed by atoms with Crippen LogP contribution in [0.25, 0.3) is 0 Å². The van der Waals surface area contributed by atoms with Gasteiger partial charge in [0.2, 0.25) is 5.96 Å². The smallest absolute Gasteiger partial charge is 0.223 e. The van der Waals surface area contributed by atoms with Crippen LogP contribution in [0.15, 0.2) is 34.3 Å². The van der Waals surface area contributed by atoms with Gasteiger partial charge in [-0.1, -0.05) is 31.5 Å². The number of aliphatic imine (C=N–C) groups is 2. The van der Waals surface area contributed by atoms with Crippen molar-refractivity contribution in [3.8, 4) is 0 Å². The van der Waals surface area contributed by atoms with E-state index >= 15 is 0 Å². The second-order valence-corrected chi connectivity index (χ2v) is 3.39. The highest BCUT2D eigenvalue weighted by molar-refractivity contribution is 5.93. The van der Waals surface area contributed by atoms with Crippen LogP contribution in [-0.4, -0.2) is 11.9 Å². The van der Waals surface area contributed by atoms with Gasteiger partial charge >= 0.3 is 0 Å². The van der Waals surface area contributed by atoms with Gasteiger partial charge in [-0.05, 0) is 18.1 Å². The molecule has 0 unspecified atom stereocenters. The van der Waals surface area contributed by atoms with E-state index in [1.165, 1.54) is 0 Å². The highest BCUT2D eigenvalue weighted by Crippen LogP contribution is 2.19. The molecular formula is C11H18ClN5. The number of nitrogens with zero attached hydrogens (tertiary/aromatic N) is 2. The van der Waals surface area contributed by atoms with Crippen molar-refractivity contribution < 1.29 is 0 Å².